The Kier molecular flexibility index (Phi) is 29.2. The summed E-state index contributed by atoms with van der Waals surface area (Å²) >= 11 is 0. The minimum absolute atomic E-state index is 0.100. The molecule has 0 saturated heterocycles. The van der Waals surface area contributed by atoms with Crippen LogP contribution in [0.3, 0.4) is 0 Å². The maximum atomic E-state index is 12.7. The van der Waals surface area contributed by atoms with Crippen molar-refractivity contribution in [2.24, 2.45) is 5.92 Å². The van der Waals surface area contributed by atoms with Crippen LogP contribution < -0.4 is 0 Å². The van der Waals surface area contributed by atoms with Crippen LogP contribution >= 0.6 is 0 Å². The van der Waals surface area contributed by atoms with Gasteiger partial charge < -0.3 is 34.6 Å². The number of hydrogen-bond acceptors (Lipinski definition) is 8. The van der Waals surface area contributed by atoms with Crippen LogP contribution in [0.25, 0.3) is 0 Å². The van der Waals surface area contributed by atoms with Crippen molar-refractivity contribution in [1.82, 2.24) is 0 Å². The van der Waals surface area contributed by atoms with Crippen LogP contribution in [0.5, 0.6) is 0 Å². The molecule has 0 radical (unpaired) electrons. The molecule has 1 aliphatic carbocycles. The number of unbranched alkanes of at least 4 members (excludes halogenated alkanes) is 21. The molecule has 1 fully saturated rings. The van der Waals surface area contributed by atoms with E-state index in [1.54, 1.807) is 0 Å². The van der Waals surface area contributed by atoms with Crippen LogP contribution in [0.1, 0.15) is 188 Å². The standard InChI is InChI=1S/C40H78O8/c1-4-6-8-10-12-14-16-17-18-20-22-24-26-28-35(41)48-34(32-47-40-38(44)36(42)37(43)39(40)45)31-46-30-29-33(3)27-25-23-21-19-15-13-11-9-7-5-2/h33-34,36-40,42-45H,4-32H2,1-3H3/t33?,34?,36-,37+,38-,39+,40?. The molecular weight excluding hydrogens is 608 g/mol. The molecule has 0 aromatic carbocycles. The molecule has 0 spiro atoms. The van der Waals surface area contributed by atoms with E-state index in [1.165, 1.54) is 135 Å². The minimum Gasteiger partial charge on any atom is -0.457 e. The first-order valence-corrected chi connectivity index (χ1v) is 20.4. The highest BCUT2D eigenvalue weighted by molar-refractivity contribution is 5.69. The number of carbonyl (C=O) groups excluding carboxylic acids is 1. The van der Waals surface area contributed by atoms with Gasteiger partial charge in [0.25, 0.3) is 0 Å². The van der Waals surface area contributed by atoms with Gasteiger partial charge in [0.15, 0.2) is 0 Å². The summed E-state index contributed by atoms with van der Waals surface area (Å²) in [6, 6.07) is 0. The number of esters is 1. The second-order valence-electron chi connectivity index (χ2n) is 14.8. The number of aliphatic hydroxyl groups excluding tert-OH is 4. The van der Waals surface area contributed by atoms with Crippen molar-refractivity contribution in [1.29, 1.82) is 0 Å². The minimum atomic E-state index is -1.49. The fourth-order valence-corrected chi connectivity index (χ4v) is 6.68. The largest absolute Gasteiger partial charge is 0.457 e. The molecule has 0 aromatic rings. The molecule has 286 valence electrons. The zero-order chi connectivity index (χ0) is 35.2. The van der Waals surface area contributed by atoms with E-state index in [-0.39, 0.29) is 19.2 Å². The smallest absolute Gasteiger partial charge is 0.306 e. The van der Waals surface area contributed by atoms with E-state index in [0.717, 1.165) is 25.7 Å². The molecule has 7 atom stereocenters. The third kappa shape index (κ3) is 22.8. The van der Waals surface area contributed by atoms with Crippen molar-refractivity contribution in [3.05, 3.63) is 0 Å². The van der Waals surface area contributed by atoms with Gasteiger partial charge in [-0.25, -0.2) is 0 Å². The molecule has 0 aromatic heterocycles. The maximum absolute atomic E-state index is 12.7. The molecule has 1 rings (SSSR count). The van der Waals surface area contributed by atoms with Crippen LogP contribution in [0.4, 0.5) is 0 Å². The predicted molar refractivity (Wildman–Crippen MR) is 195 cm³/mol. The maximum Gasteiger partial charge on any atom is 0.306 e. The van der Waals surface area contributed by atoms with Gasteiger partial charge in [0.1, 0.15) is 36.6 Å². The highest BCUT2D eigenvalue weighted by Gasteiger charge is 2.49. The third-order valence-electron chi connectivity index (χ3n) is 10.1. The molecule has 0 amide bonds. The fourth-order valence-electron chi connectivity index (χ4n) is 6.68. The van der Waals surface area contributed by atoms with Gasteiger partial charge in [-0.2, -0.15) is 0 Å². The lowest BCUT2D eigenvalue weighted by Gasteiger charge is -2.24. The highest BCUT2D eigenvalue weighted by atomic mass is 16.6. The van der Waals surface area contributed by atoms with Crippen molar-refractivity contribution in [3.8, 4) is 0 Å². The Morgan fingerprint density at radius 3 is 1.42 bits per heavy atom. The van der Waals surface area contributed by atoms with Crippen LogP contribution in [-0.2, 0) is 19.0 Å². The summed E-state index contributed by atoms with van der Waals surface area (Å²) < 4.78 is 17.3. The normalized spacial score (nSPS) is 22.3. The van der Waals surface area contributed by atoms with Crippen LogP contribution in [0.2, 0.25) is 0 Å². The van der Waals surface area contributed by atoms with Crippen molar-refractivity contribution >= 4 is 5.97 Å². The molecule has 4 N–H and O–H groups in total. The van der Waals surface area contributed by atoms with Crippen molar-refractivity contribution in [2.45, 2.75) is 224 Å². The van der Waals surface area contributed by atoms with Gasteiger partial charge in [0.2, 0.25) is 0 Å². The Labute approximate surface area is 295 Å². The van der Waals surface area contributed by atoms with Gasteiger partial charge in [0.05, 0.1) is 13.2 Å². The topological polar surface area (TPSA) is 126 Å². The van der Waals surface area contributed by atoms with Gasteiger partial charge in [-0.3, -0.25) is 4.79 Å². The fraction of sp³-hybridized carbons (Fsp3) is 0.975. The molecule has 0 heterocycles. The second kappa shape index (κ2) is 31.0. The Bertz CT molecular complexity index is 707. The lowest BCUT2D eigenvalue weighted by molar-refractivity contribution is -0.163. The van der Waals surface area contributed by atoms with E-state index in [1.807, 2.05) is 0 Å². The van der Waals surface area contributed by atoms with Crippen molar-refractivity contribution in [2.75, 3.05) is 19.8 Å². The van der Waals surface area contributed by atoms with E-state index >= 15 is 0 Å². The Morgan fingerprint density at radius 2 is 0.958 bits per heavy atom. The summed E-state index contributed by atoms with van der Waals surface area (Å²) in [5, 5.41) is 40.2. The molecule has 8 nitrogen and oxygen atoms in total. The third-order valence-corrected chi connectivity index (χ3v) is 10.1. The quantitative estimate of drug-likeness (QED) is 0.0392. The SMILES string of the molecule is CCCCCCCCCCCCCCCC(=O)OC(COCCC(C)CCCCCCCCCCCC)COC1[C@@H](O)[C@@H](O)[C@@H](O)[C@H]1O. The molecule has 0 aliphatic heterocycles. The zero-order valence-electron chi connectivity index (χ0n) is 31.5. The monoisotopic (exact) mass is 687 g/mol. The second-order valence-corrected chi connectivity index (χ2v) is 14.8. The van der Waals surface area contributed by atoms with Crippen LogP contribution in [0.15, 0.2) is 0 Å². The number of aliphatic hydroxyl groups is 4. The number of rotatable bonds is 34. The number of hydrogen-bond donors (Lipinski definition) is 4. The summed E-state index contributed by atoms with van der Waals surface area (Å²) in [4.78, 5) is 12.7. The Morgan fingerprint density at radius 1 is 0.542 bits per heavy atom. The molecule has 1 aliphatic rings. The molecule has 3 unspecified atom stereocenters. The Hall–Kier alpha value is -0.770. The average Bonchev–Trinajstić information content (AvgIpc) is 3.26. The molecule has 1 saturated carbocycles. The molecule has 0 bridgehead atoms. The van der Waals surface area contributed by atoms with Crippen LogP contribution in [0, 0.1) is 5.92 Å². The van der Waals surface area contributed by atoms with E-state index in [0.29, 0.717) is 18.9 Å². The zero-order valence-corrected chi connectivity index (χ0v) is 31.5. The molecule has 8 heteroatoms. The van der Waals surface area contributed by atoms with Gasteiger partial charge in [0, 0.05) is 13.0 Å². The first-order chi connectivity index (χ1) is 23.3. The van der Waals surface area contributed by atoms with E-state index in [9.17, 15) is 25.2 Å². The van der Waals surface area contributed by atoms with Gasteiger partial charge in [-0.15, -0.1) is 0 Å². The molecule has 48 heavy (non-hydrogen) atoms. The van der Waals surface area contributed by atoms with Crippen molar-refractivity contribution in [3.63, 3.8) is 0 Å². The highest BCUT2D eigenvalue weighted by Crippen LogP contribution is 2.25. The Balaban J connectivity index is 2.28. The van der Waals surface area contributed by atoms with Gasteiger partial charge in [-0.1, -0.05) is 168 Å². The lowest BCUT2D eigenvalue weighted by atomic mass is 9.99. The summed E-state index contributed by atoms with van der Waals surface area (Å²) in [7, 11) is 0. The number of ether oxygens (including phenoxy) is 3. The average molecular weight is 687 g/mol. The van der Waals surface area contributed by atoms with Gasteiger partial charge in [-0.05, 0) is 18.8 Å². The number of carbonyl (C=O) groups is 1. The summed E-state index contributed by atoms with van der Waals surface area (Å²) in [6.45, 7) is 7.38. The van der Waals surface area contributed by atoms with Crippen molar-refractivity contribution < 1.29 is 39.4 Å². The predicted octanol–water partition coefficient (Wildman–Crippen LogP) is 8.58. The van der Waals surface area contributed by atoms with Gasteiger partial charge >= 0.3 is 5.97 Å². The summed E-state index contributed by atoms with van der Waals surface area (Å²) in [6.07, 6.45) is 24.2. The van der Waals surface area contributed by atoms with E-state index in [4.69, 9.17) is 14.2 Å². The van der Waals surface area contributed by atoms with E-state index < -0.39 is 36.6 Å². The van der Waals surface area contributed by atoms with Crippen LogP contribution in [-0.4, -0.2) is 82.8 Å². The summed E-state index contributed by atoms with van der Waals surface area (Å²) in [5.41, 5.74) is 0. The molecular formula is C40H78O8. The lowest BCUT2D eigenvalue weighted by Crippen LogP contribution is -2.39. The van der Waals surface area contributed by atoms with E-state index in [2.05, 4.69) is 20.8 Å². The summed E-state index contributed by atoms with van der Waals surface area (Å²) in [5.74, 6) is 0.246. The first-order valence-electron chi connectivity index (χ1n) is 20.4. The first kappa shape index (κ1) is 45.3.